The molecule has 2 aliphatic heterocycles. The normalized spacial score (nSPS) is 28.4. The van der Waals surface area contributed by atoms with Crippen LogP contribution in [0.1, 0.15) is 31.7 Å². The number of amidine groups is 1. The number of nitrogens with one attached hydrogen (secondary N) is 3. The highest BCUT2D eigenvalue weighted by atomic mass is 35.5. The Morgan fingerprint density at radius 1 is 1.26 bits per heavy atom. The lowest BCUT2D eigenvalue weighted by atomic mass is 9.82. The number of aliphatic imine (C=N–C) groups is 1. The third-order valence-corrected chi connectivity index (χ3v) is 5.70. The van der Waals surface area contributed by atoms with Crippen molar-refractivity contribution in [3.8, 4) is 0 Å². The molecule has 1 fully saturated rings. The van der Waals surface area contributed by atoms with Crippen molar-refractivity contribution < 1.29 is 8.78 Å². The molecule has 0 bridgehead atoms. The third kappa shape index (κ3) is 3.60. The summed E-state index contributed by atoms with van der Waals surface area (Å²) in [6.45, 7) is 3.42. The number of hydrogen-bond donors (Lipinski definition) is 3. The molecule has 1 saturated heterocycles. The van der Waals surface area contributed by atoms with Gasteiger partial charge in [0.2, 0.25) is 0 Å². The lowest BCUT2D eigenvalue weighted by Gasteiger charge is -2.46. The Hall–Kier alpha value is -1.92. The molecule has 4 nitrogen and oxygen atoms in total. The zero-order valence-corrected chi connectivity index (χ0v) is 16.0. The highest BCUT2D eigenvalue weighted by Gasteiger charge is 2.45. The van der Waals surface area contributed by atoms with Crippen molar-refractivity contribution in [2.75, 3.05) is 13.1 Å². The predicted octanol–water partition coefficient (Wildman–Crippen LogP) is 3.75. The standard InChI is InChI=1S/C20H23ClF2N4/c1-19(23)11-16-15(10-17(19)22)26-18(20(27-16)5-7-24-8-6-20)25-12-13-3-2-4-14(21)9-13/h2-4,9-10,24,27H,5-8,11-12H2,1H3,(H,25,26). The van der Waals surface area contributed by atoms with Crippen molar-refractivity contribution in [1.29, 1.82) is 0 Å². The fourth-order valence-corrected chi connectivity index (χ4v) is 4.12. The van der Waals surface area contributed by atoms with Crippen LogP contribution in [0.5, 0.6) is 0 Å². The first-order valence-electron chi connectivity index (χ1n) is 9.23. The monoisotopic (exact) mass is 392 g/mol. The second kappa shape index (κ2) is 6.91. The molecule has 7 heteroatoms. The Labute approximate surface area is 162 Å². The van der Waals surface area contributed by atoms with Gasteiger partial charge in [-0.3, -0.25) is 4.99 Å². The minimum atomic E-state index is -1.98. The summed E-state index contributed by atoms with van der Waals surface area (Å²) in [7, 11) is 0. The van der Waals surface area contributed by atoms with E-state index in [1.165, 1.54) is 13.0 Å². The topological polar surface area (TPSA) is 48.5 Å². The molecule has 1 atom stereocenters. The maximum absolute atomic E-state index is 14.5. The van der Waals surface area contributed by atoms with Crippen molar-refractivity contribution >= 4 is 17.4 Å². The van der Waals surface area contributed by atoms with Gasteiger partial charge < -0.3 is 16.0 Å². The number of halogens is 3. The Kier molecular flexibility index (Phi) is 4.72. The molecule has 1 aromatic carbocycles. The van der Waals surface area contributed by atoms with Gasteiger partial charge in [0.25, 0.3) is 0 Å². The van der Waals surface area contributed by atoms with Gasteiger partial charge in [-0.05, 0) is 56.6 Å². The highest BCUT2D eigenvalue weighted by molar-refractivity contribution is 6.30. The fourth-order valence-electron chi connectivity index (χ4n) is 3.91. The van der Waals surface area contributed by atoms with Gasteiger partial charge in [0, 0.05) is 17.1 Å². The van der Waals surface area contributed by atoms with Gasteiger partial charge in [-0.1, -0.05) is 23.7 Å². The zero-order valence-electron chi connectivity index (χ0n) is 15.2. The average molecular weight is 393 g/mol. The maximum atomic E-state index is 14.5. The molecule has 0 amide bonds. The van der Waals surface area contributed by atoms with Crippen LogP contribution in [0.3, 0.4) is 0 Å². The molecule has 1 aromatic rings. The summed E-state index contributed by atoms with van der Waals surface area (Å²) >= 11 is 6.07. The molecular weight excluding hydrogens is 370 g/mol. The fraction of sp³-hybridized carbons (Fsp3) is 0.450. The van der Waals surface area contributed by atoms with Crippen LogP contribution in [0.15, 0.2) is 52.6 Å². The third-order valence-electron chi connectivity index (χ3n) is 5.47. The lowest BCUT2D eigenvalue weighted by molar-refractivity contribution is 0.184. The number of hydrogen-bond acceptors (Lipinski definition) is 3. The van der Waals surface area contributed by atoms with Gasteiger partial charge in [-0.15, -0.1) is 0 Å². The largest absolute Gasteiger partial charge is 0.374 e. The van der Waals surface area contributed by atoms with E-state index >= 15 is 0 Å². The summed E-state index contributed by atoms with van der Waals surface area (Å²) in [4.78, 5) is 4.80. The minimum Gasteiger partial charge on any atom is -0.374 e. The summed E-state index contributed by atoms with van der Waals surface area (Å²) in [5.41, 5.74) is -0.0822. The summed E-state index contributed by atoms with van der Waals surface area (Å²) in [6.07, 6.45) is 2.88. The van der Waals surface area contributed by atoms with E-state index in [1.54, 1.807) is 0 Å². The van der Waals surface area contributed by atoms with Crippen LogP contribution in [0.25, 0.3) is 0 Å². The predicted molar refractivity (Wildman–Crippen MR) is 104 cm³/mol. The second-order valence-corrected chi connectivity index (χ2v) is 8.07. The zero-order chi connectivity index (χ0) is 19.1. The molecule has 4 rings (SSSR count). The maximum Gasteiger partial charge on any atom is 0.164 e. The van der Waals surface area contributed by atoms with E-state index in [1.807, 2.05) is 24.3 Å². The Morgan fingerprint density at radius 2 is 2.04 bits per heavy atom. The SMILES string of the molecule is CC1(F)CC2=C(C=C1F)NC(=NCc1cccc(Cl)c1)C1(CCNCC1)N2. The Bertz CT molecular complexity index is 838. The number of benzene rings is 1. The van der Waals surface area contributed by atoms with Crippen molar-refractivity contribution in [2.24, 2.45) is 4.99 Å². The minimum absolute atomic E-state index is 0.00554. The van der Waals surface area contributed by atoms with E-state index in [-0.39, 0.29) is 12.0 Å². The lowest BCUT2D eigenvalue weighted by Crippen LogP contribution is -2.64. The van der Waals surface area contributed by atoms with E-state index in [0.29, 0.717) is 23.0 Å². The van der Waals surface area contributed by atoms with Gasteiger partial charge in [-0.25, -0.2) is 8.78 Å². The number of piperidine rings is 1. The van der Waals surface area contributed by atoms with Gasteiger partial charge in [0.15, 0.2) is 5.67 Å². The molecule has 27 heavy (non-hydrogen) atoms. The summed E-state index contributed by atoms with van der Waals surface area (Å²) < 4.78 is 28.6. The molecule has 1 aliphatic carbocycles. The molecule has 3 aliphatic rings. The second-order valence-electron chi connectivity index (χ2n) is 7.64. The summed E-state index contributed by atoms with van der Waals surface area (Å²) in [5.74, 6) is 0.0141. The van der Waals surface area contributed by atoms with E-state index in [4.69, 9.17) is 16.6 Å². The number of alkyl halides is 1. The molecule has 1 spiro atoms. The van der Waals surface area contributed by atoms with Crippen LogP contribution in [0, 0.1) is 0 Å². The van der Waals surface area contributed by atoms with E-state index < -0.39 is 11.5 Å². The molecule has 3 N–H and O–H groups in total. The van der Waals surface area contributed by atoms with Gasteiger partial charge in [0.05, 0.1) is 17.8 Å². The number of allylic oxidation sites excluding steroid dienone is 3. The molecular formula is C20H23ClF2N4. The van der Waals surface area contributed by atoms with Gasteiger partial charge in [0.1, 0.15) is 11.7 Å². The first kappa shape index (κ1) is 18.4. The quantitative estimate of drug-likeness (QED) is 0.718. The highest BCUT2D eigenvalue weighted by Crippen LogP contribution is 2.38. The Morgan fingerprint density at radius 3 is 2.78 bits per heavy atom. The first-order chi connectivity index (χ1) is 12.9. The van der Waals surface area contributed by atoms with Crippen LogP contribution in [-0.4, -0.2) is 30.1 Å². The van der Waals surface area contributed by atoms with Crippen molar-refractivity contribution in [1.82, 2.24) is 16.0 Å². The molecule has 2 heterocycles. The Balaban J connectivity index is 1.67. The average Bonchev–Trinajstić information content (AvgIpc) is 2.62. The van der Waals surface area contributed by atoms with Crippen LogP contribution < -0.4 is 16.0 Å². The van der Waals surface area contributed by atoms with E-state index in [0.717, 1.165) is 37.3 Å². The number of nitrogens with zero attached hydrogens (tertiary/aromatic N) is 1. The van der Waals surface area contributed by atoms with E-state index in [2.05, 4.69) is 16.0 Å². The summed E-state index contributed by atoms with van der Waals surface area (Å²) in [5, 5.41) is 10.8. The number of rotatable bonds is 2. The van der Waals surface area contributed by atoms with Gasteiger partial charge in [-0.2, -0.15) is 0 Å². The van der Waals surface area contributed by atoms with Crippen LogP contribution in [0.4, 0.5) is 8.78 Å². The van der Waals surface area contributed by atoms with Crippen molar-refractivity contribution in [2.45, 2.75) is 43.9 Å². The molecule has 1 unspecified atom stereocenters. The van der Waals surface area contributed by atoms with Gasteiger partial charge >= 0.3 is 0 Å². The molecule has 0 saturated carbocycles. The first-order valence-corrected chi connectivity index (χ1v) is 9.61. The molecule has 144 valence electrons. The van der Waals surface area contributed by atoms with Crippen LogP contribution in [0.2, 0.25) is 5.02 Å². The van der Waals surface area contributed by atoms with Crippen LogP contribution >= 0.6 is 11.6 Å². The molecule has 0 radical (unpaired) electrons. The summed E-state index contributed by atoms with van der Waals surface area (Å²) in [6, 6.07) is 7.58. The molecule has 0 aromatic heterocycles. The smallest absolute Gasteiger partial charge is 0.164 e. The van der Waals surface area contributed by atoms with Crippen molar-refractivity contribution in [3.63, 3.8) is 0 Å². The van der Waals surface area contributed by atoms with Crippen molar-refractivity contribution in [3.05, 3.63) is 58.1 Å². The van der Waals surface area contributed by atoms with Crippen LogP contribution in [-0.2, 0) is 6.54 Å². The van der Waals surface area contributed by atoms with E-state index in [9.17, 15) is 8.78 Å².